The molecule has 0 aliphatic rings. The highest BCUT2D eigenvalue weighted by Crippen LogP contribution is 2.49. The van der Waals surface area contributed by atoms with Gasteiger partial charge in [-0.3, -0.25) is 0 Å². The smallest absolute Gasteiger partial charge is 0.100 e. The molecule has 0 N–H and O–H groups in total. The summed E-state index contributed by atoms with van der Waals surface area (Å²) in [7, 11) is 0. The van der Waals surface area contributed by atoms with Crippen LogP contribution >= 0.6 is 22.7 Å². The molecule has 2 nitrogen and oxygen atoms in total. The maximum atomic E-state index is 11.6. The number of thiophene rings is 2. The summed E-state index contributed by atoms with van der Waals surface area (Å²) in [5, 5.41) is 26.7. The van der Waals surface area contributed by atoms with Crippen molar-refractivity contribution in [2.24, 2.45) is 0 Å². The average molecular weight is 797 g/mol. The fourth-order valence-corrected chi connectivity index (χ4v) is 11.0. The van der Waals surface area contributed by atoms with E-state index in [1.165, 1.54) is 40.3 Å². The van der Waals surface area contributed by atoms with Gasteiger partial charge in [-0.2, -0.15) is 10.5 Å². The molecule has 11 aromatic rings. The van der Waals surface area contributed by atoms with Crippen molar-refractivity contribution in [1.82, 2.24) is 0 Å². The van der Waals surface area contributed by atoms with Crippen LogP contribution in [0.25, 0.3) is 107 Å². The lowest BCUT2D eigenvalue weighted by Crippen LogP contribution is -1.99. The van der Waals surface area contributed by atoms with Crippen molar-refractivity contribution in [2.45, 2.75) is 0 Å². The van der Waals surface area contributed by atoms with Crippen LogP contribution in [0.3, 0.4) is 0 Å². The Labute approximate surface area is 355 Å². The zero-order chi connectivity index (χ0) is 40.2. The second-order valence-corrected chi connectivity index (χ2v) is 17.2. The molecule has 0 bridgehead atoms. The van der Waals surface area contributed by atoms with Gasteiger partial charge >= 0.3 is 0 Å². The lowest BCUT2D eigenvalue weighted by molar-refractivity contribution is 1.46. The van der Waals surface area contributed by atoms with Crippen molar-refractivity contribution in [3.63, 3.8) is 0 Å². The van der Waals surface area contributed by atoms with Crippen LogP contribution in [0.15, 0.2) is 194 Å². The summed E-state index contributed by atoms with van der Waals surface area (Å²) in [6, 6.07) is 73.3. The summed E-state index contributed by atoms with van der Waals surface area (Å²) in [6.07, 6.45) is 0. The highest BCUT2D eigenvalue weighted by Gasteiger charge is 2.25. The Morgan fingerprint density at radius 2 is 0.817 bits per heavy atom. The Morgan fingerprint density at radius 1 is 0.300 bits per heavy atom. The van der Waals surface area contributed by atoms with Gasteiger partial charge in [0.2, 0.25) is 0 Å². The number of benzene rings is 9. The first-order chi connectivity index (χ1) is 29.6. The largest absolute Gasteiger partial charge is 0.192 e. The molecule has 0 unspecified atom stereocenters. The van der Waals surface area contributed by atoms with Crippen molar-refractivity contribution < 1.29 is 0 Å². The number of hydrogen-bond donors (Lipinski definition) is 0. The second-order valence-electron chi connectivity index (χ2n) is 15.0. The van der Waals surface area contributed by atoms with E-state index in [2.05, 4.69) is 158 Å². The fourth-order valence-electron chi connectivity index (χ4n) is 8.79. The molecule has 0 fully saturated rings. The Balaban J connectivity index is 1.28. The first kappa shape index (κ1) is 35.6. The molecule has 0 spiro atoms. The average Bonchev–Trinajstić information content (AvgIpc) is 3.89. The van der Waals surface area contributed by atoms with E-state index in [1.807, 2.05) is 59.9 Å². The number of fused-ring (bicyclic) bond motifs is 6. The SMILES string of the molecule is N#Cc1ccccc1-c1cc(-c2ccccc2)cc(-c2cc(-c3ccc4sc5ccccc5c4c3)c(-c3ccccc3)c(-c3ccc4sc5ccccc5c4c3)c2C#N)c1. The first-order valence-electron chi connectivity index (χ1n) is 19.9. The number of nitriles is 2. The van der Waals surface area contributed by atoms with Crippen LogP contribution in [0.2, 0.25) is 0 Å². The Kier molecular flexibility index (Phi) is 8.68. The molecule has 0 aliphatic heterocycles. The number of nitrogens with zero attached hydrogens (tertiary/aromatic N) is 2. The Bertz CT molecular complexity index is 3560. The van der Waals surface area contributed by atoms with Crippen molar-refractivity contribution in [1.29, 1.82) is 10.5 Å². The zero-order valence-corrected chi connectivity index (χ0v) is 33.8. The van der Waals surface area contributed by atoms with E-state index in [4.69, 9.17) is 0 Å². The maximum absolute atomic E-state index is 11.6. The van der Waals surface area contributed by atoms with Crippen molar-refractivity contribution in [3.8, 4) is 78.9 Å². The lowest BCUT2D eigenvalue weighted by atomic mass is 9.80. The van der Waals surface area contributed by atoms with Crippen LogP contribution in [-0.2, 0) is 0 Å². The summed E-state index contributed by atoms with van der Waals surface area (Å²) < 4.78 is 4.94. The molecule has 4 heteroatoms. The zero-order valence-electron chi connectivity index (χ0n) is 32.2. The highest BCUT2D eigenvalue weighted by molar-refractivity contribution is 7.26. The van der Waals surface area contributed by atoms with E-state index in [-0.39, 0.29) is 0 Å². The highest BCUT2D eigenvalue weighted by atomic mass is 32.1. The fraction of sp³-hybridized carbons (Fsp3) is 0. The van der Waals surface area contributed by atoms with E-state index in [1.54, 1.807) is 11.3 Å². The van der Waals surface area contributed by atoms with Crippen molar-refractivity contribution in [2.75, 3.05) is 0 Å². The molecular weight excluding hydrogens is 765 g/mol. The van der Waals surface area contributed by atoms with Gasteiger partial charge < -0.3 is 0 Å². The molecular formula is C56H32N2S2. The summed E-state index contributed by atoms with van der Waals surface area (Å²) in [6.45, 7) is 0. The number of rotatable bonds is 6. The molecule has 9 aromatic carbocycles. The molecule has 0 saturated heterocycles. The molecule has 278 valence electrons. The minimum atomic E-state index is 0.600. The van der Waals surface area contributed by atoms with E-state index in [0.29, 0.717) is 11.1 Å². The van der Waals surface area contributed by atoms with Crippen LogP contribution in [0, 0.1) is 22.7 Å². The topological polar surface area (TPSA) is 47.6 Å². The van der Waals surface area contributed by atoms with Gasteiger partial charge in [0.1, 0.15) is 6.07 Å². The summed E-state index contributed by atoms with van der Waals surface area (Å²) in [4.78, 5) is 0. The van der Waals surface area contributed by atoms with Gasteiger partial charge in [-0.15, -0.1) is 22.7 Å². The molecule has 0 atom stereocenters. The monoisotopic (exact) mass is 796 g/mol. The first-order valence-corrected chi connectivity index (χ1v) is 21.5. The molecule has 2 aromatic heterocycles. The third-order valence-corrected chi connectivity index (χ3v) is 13.9. The molecule has 11 rings (SSSR count). The van der Waals surface area contributed by atoms with Crippen molar-refractivity contribution >= 4 is 63.0 Å². The third kappa shape index (κ3) is 5.98. The molecule has 2 heterocycles. The molecule has 0 amide bonds. The quantitative estimate of drug-likeness (QED) is 0.168. The van der Waals surface area contributed by atoms with Gasteiger partial charge in [-0.05, 0) is 122 Å². The van der Waals surface area contributed by atoms with Crippen LogP contribution < -0.4 is 0 Å². The standard InChI is InChI=1S/C56H32N2S2/c57-33-39-17-7-8-18-43(39)41-27-40(35-13-3-1-4-14-35)28-42(29-41)46-32-47(37-23-25-53-48(30-37)44-19-9-11-21-51(44)59-53)55(36-15-5-2-6-16-36)56(50(46)34-58)38-24-26-54-49(31-38)45-20-10-12-22-52(45)60-54/h1-32H. The van der Waals surface area contributed by atoms with Gasteiger partial charge in [0, 0.05) is 51.5 Å². The third-order valence-electron chi connectivity index (χ3n) is 11.6. The predicted molar refractivity (Wildman–Crippen MR) is 254 cm³/mol. The minimum absolute atomic E-state index is 0.600. The number of hydrogen-bond acceptors (Lipinski definition) is 4. The summed E-state index contributed by atoms with van der Waals surface area (Å²) in [5.74, 6) is 0. The Morgan fingerprint density at radius 3 is 1.47 bits per heavy atom. The summed E-state index contributed by atoms with van der Waals surface area (Å²) in [5.41, 5.74) is 12.8. The van der Waals surface area contributed by atoms with Crippen LogP contribution in [0.4, 0.5) is 0 Å². The Hall–Kier alpha value is -7.60. The lowest BCUT2D eigenvalue weighted by Gasteiger charge is -2.22. The maximum Gasteiger partial charge on any atom is 0.100 e. The van der Waals surface area contributed by atoms with E-state index in [0.717, 1.165) is 66.8 Å². The summed E-state index contributed by atoms with van der Waals surface area (Å²) >= 11 is 3.61. The van der Waals surface area contributed by atoms with Crippen LogP contribution in [0.5, 0.6) is 0 Å². The minimum Gasteiger partial charge on any atom is -0.192 e. The van der Waals surface area contributed by atoms with E-state index >= 15 is 0 Å². The predicted octanol–water partition coefficient (Wildman–Crippen LogP) is 16.2. The van der Waals surface area contributed by atoms with E-state index in [9.17, 15) is 10.5 Å². The van der Waals surface area contributed by atoms with Gasteiger partial charge in [-0.1, -0.05) is 127 Å². The van der Waals surface area contributed by atoms with Crippen molar-refractivity contribution in [3.05, 3.63) is 205 Å². The van der Waals surface area contributed by atoms with Crippen LogP contribution in [-0.4, -0.2) is 0 Å². The van der Waals surface area contributed by atoms with Gasteiger partial charge in [-0.25, -0.2) is 0 Å². The molecule has 0 aliphatic carbocycles. The molecule has 0 saturated carbocycles. The normalized spacial score (nSPS) is 11.3. The van der Waals surface area contributed by atoms with Gasteiger partial charge in [0.15, 0.2) is 0 Å². The molecule has 60 heavy (non-hydrogen) atoms. The van der Waals surface area contributed by atoms with Crippen LogP contribution in [0.1, 0.15) is 11.1 Å². The van der Waals surface area contributed by atoms with E-state index < -0.39 is 0 Å². The van der Waals surface area contributed by atoms with Gasteiger partial charge in [0.05, 0.1) is 17.2 Å². The second kappa shape index (κ2) is 14.7. The molecule has 0 radical (unpaired) electrons. The van der Waals surface area contributed by atoms with Gasteiger partial charge in [0.25, 0.3) is 0 Å².